The second kappa shape index (κ2) is 9.14. The Balaban J connectivity index is 2.30. The standard InChI is InChI=1S/C25H23F3N4O2/c1-14-20(15(2)33)21(17-10-8-16(13-29)9-11-17)22(24(34)31(3)4)23(30)32(14)19-7-5-6-18(12-19)25(26,27)28/h5-12,21-22,30H,1-4H3. The van der Waals surface area contributed by atoms with Gasteiger partial charge in [-0.2, -0.15) is 18.4 Å². The number of allylic oxidation sites excluding steroid dienone is 2. The van der Waals surface area contributed by atoms with Crippen molar-refractivity contribution in [1.82, 2.24) is 4.90 Å². The zero-order valence-electron chi connectivity index (χ0n) is 19.1. The van der Waals surface area contributed by atoms with E-state index in [1.54, 1.807) is 31.2 Å². The summed E-state index contributed by atoms with van der Waals surface area (Å²) in [7, 11) is 3.03. The number of rotatable bonds is 4. The quantitative estimate of drug-likeness (QED) is 0.703. The van der Waals surface area contributed by atoms with Crippen LogP contribution in [0.5, 0.6) is 0 Å². The second-order valence-corrected chi connectivity index (χ2v) is 8.25. The molecule has 2 unspecified atom stereocenters. The fourth-order valence-corrected chi connectivity index (χ4v) is 4.28. The summed E-state index contributed by atoms with van der Waals surface area (Å²) >= 11 is 0. The lowest BCUT2D eigenvalue weighted by atomic mass is 9.73. The largest absolute Gasteiger partial charge is 0.416 e. The van der Waals surface area contributed by atoms with Gasteiger partial charge in [-0.05, 0) is 49.7 Å². The highest BCUT2D eigenvalue weighted by Gasteiger charge is 2.46. The van der Waals surface area contributed by atoms with Crippen LogP contribution in [0.4, 0.5) is 18.9 Å². The topological polar surface area (TPSA) is 88.3 Å². The Morgan fingerprint density at radius 1 is 1.12 bits per heavy atom. The first kappa shape index (κ1) is 24.7. The number of alkyl halides is 3. The molecule has 0 radical (unpaired) electrons. The summed E-state index contributed by atoms with van der Waals surface area (Å²) in [6.45, 7) is 2.88. The van der Waals surface area contributed by atoms with Crippen molar-refractivity contribution in [3.63, 3.8) is 0 Å². The summed E-state index contributed by atoms with van der Waals surface area (Å²) in [5.74, 6) is -3.08. The Hall–Kier alpha value is -3.93. The number of Topliss-reactive ketones (excluding diaryl/α,β-unsaturated/α-hetero) is 1. The van der Waals surface area contributed by atoms with E-state index >= 15 is 0 Å². The van der Waals surface area contributed by atoms with Gasteiger partial charge in [0.15, 0.2) is 5.78 Å². The van der Waals surface area contributed by atoms with E-state index in [-0.39, 0.29) is 28.6 Å². The molecule has 1 aliphatic rings. The first-order valence-corrected chi connectivity index (χ1v) is 10.4. The maximum Gasteiger partial charge on any atom is 0.416 e. The van der Waals surface area contributed by atoms with E-state index in [0.717, 1.165) is 12.1 Å². The number of amides is 1. The molecule has 1 heterocycles. The molecule has 1 aliphatic heterocycles. The normalized spacial score (nSPS) is 18.5. The Labute approximate surface area is 195 Å². The molecule has 34 heavy (non-hydrogen) atoms. The minimum Gasteiger partial charge on any atom is -0.348 e. The molecule has 0 bridgehead atoms. The average molecular weight is 468 g/mol. The van der Waals surface area contributed by atoms with Gasteiger partial charge in [0.05, 0.1) is 17.2 Å². The van der Waals surface area contributed by atoms with E-state index in [4.69, 9.17) is 10.7 Å². The van der Waals surface area contributed by atoms with Gasteiger partial charge in [-0.3, -0.25) is 15.0 Å². The SMILES string of the molecule is CC(=O)C1=C(C)N(c2cccc(C(F)(F)F)c2)C(=N)C(C(=O)N(C)C)C1c1ccc(C#N)cc1. The summed E-state index contributed by atoms with van der Waals surface area (Å²) in [5, 5.41) is 18.0. The molecule has 0 saturated heterocycles. The van der Waals surface area contributed by atoms with Crippen molar-refractivity contribution in [2.45, 2.75) is 25.9 Å². The fraction of sp³-hybridized carbons (Fsp3) is 0.280. The highest BCUT2D eigenvalue weighted by molar-refractivity contribution is 6.16. The van der Waals surface area contributed by atoms with Crippen LogP contribution >= 0.6 is 0 Å². The van der Waals surface area contributed by atoms with E-state index in [1.807, 2.05) is 6.07 Å². The summed E-state index contributed by atoms with van der Waals surface area (Å²) < 4.78 is 40.1. The van der Waals surface area contributed by atoms with Crippen LogP contribution in [0.3, 0.4) is 0 Å². The third-order valence-corrected chi connectivity index (χ3v) is 5.82. The fourth-order valence-electron chi connectivity index (χ4n) is 4.28. The molecule has 0 spiro atoms. The molecule has 2 aromatic rings. The summed E-state index contributed by atoms with van der Waals surface area (Å²) in [4.78, 5) is 28.7. The van der Waals surface area contributed by atoms with Crippen LogP contribution in [0.2, 0.25) is 0 Å². The Kier molecular flexibility index (Phi) is 6.64. The molecular formula is C25H23F3N4O2. The number of carbonyl (C=O) groups is 2. The van der Waals surface area contributed by atoms with Crippen LogP contribution < -0.4 is 4.90 Å². The number of amidine groups is 1. The average Bonchev–Trinajstić information content (AvgIpc) is 2.77. The van der Waals surface area contributed by atoms with Gasteiger partial charge in [-0.15, -0.1) is 0 Å². The van der Waals surface area contributed by atoms with E-state index in [0.29, 0.717) is 11.1 Å². The summed E-state index contributed by atoms with van der Waals surface area (Å²) in [6.07, 6.45) is -4.60. The van der Waals surface area contributed by atoms with Gasteiger partial charge in [0.2, 0.25) is 5.91 Å². The Morgan fingerprint density at radius 3 is 2.24 bits per heavy atom. The maximum atomic E-state index is 13.4. The molecule has 2 atom stereocenters. The number of hydrogen-bond acceptors (Lipinski definition) is 4. The third-order valence-electron chi connectivity index (χ3n) is 5.82. The van der Waals surface area contributed by atoms with Crippen LogP contribution in [-0.4, -0.2) is 36.5 Å². The lowest BCUT2D eigenvalue weighted by Gasteiger charge is -2.42. The van der Waals surface area contributed by atoms with Gasteiger partial charge in [-0.25, -0.2) is 0 Å². The number of hydrogen-bond donors (Lipinski definition) is 1. The number of nitrogens with zero attached hydrogens (tertiary/aromatic N) is 3. The molecule has 1 amide bonds. The van der Waals surface area contributed by atoms with Crippen molar-refractivity contribution in [2.24, 2.45) is 5.92 Å². The Bertz CT molecular complexity index is 1220. The first-order valence-electron chi connectivity index (χ1n) is 10.4. The summed E-state index contributed by atoms with van der Waals surface area (Å²) in [6, 6.07) is 12.8. The zero-order chi connectivity index (χ0) is 25.4. The van der Waals surface area contributed by atoms with E-state index in [1.165, 1.54) is 43.0 Å². The number of nitrogens with one attached hydrogen (secondary N) is 1. The molecule has 1 N–H and O–H groups in total. The van der Waals surface area contributed by atoms with Crippen LogP contribution in [0.1, 0.15) is 36.5 Å². The van der Waals surface area contributed by atoms with E-state index in [9.17, 15) is 22.8 Å². The first-order chi connectivity index (χ1) is 15.9. The molecule has 2 aromatic carbocycles. The van der Waals surface area contributed by atoms with Gasteiger partial charge >= 0.3 is 6.18 Å². The van der Waals surface area contributed by atoms with Crippen molar-refractivity contribution < 1.29 is 22.8 Å². The smallest absolute Gasteiger partial charge is 0.348 e. The zero-order valence-corrected chi connectivity index (χ0v) is 19.1. The molecule has 0 saturated carbocycles. The molecule has 0 aromatic heterocycles. The number of carbonyl (C=O) groups excluding carboxylic acids is 2. The lowest BCUT2D eigenvalue weighted by molar-refractivity contribution is -0.137. The molecule has 176 valence electrons. The van der Waals surface area contributed by atoms with E-state index < -0.39 is 29.5 Å². The number of ketones is 1. The highest BCUT2D eigenvalue weighted by atomic mass is 19.4. The predicted octanol–water partition coefficient (Wildman–Crippen LogP) is 4.73. The van der Waals surface area contributed by atoms with Crippen molar-refractivity contribution in [1.29, 1.82) is 10.7 Å². The lowest BCUT2D eigenvalue weighted by Crippen LogP contribution is -2.50. The summed E-state index contributed by atoms with van der Waals surface area (Å²) in [5.41, 5.74) is 0.566. The van der Waals surface area contributed by atoms with Gasteiger partial charge in [-0.1, -0.05) is 18.2 Å². The van der Waals surface area contributed by atoms with Crippen LogP contribution in [-0.2, 0) is 15.8 Å². The van der Waals surface area contributed by atoms with Crippen LogP contribution in [0, 0.1) is 22.7 Å². The number of anilines is 1. The second-order valence-electron chi connectivity index (χ2n) is 8.25. The monoisotopic (exact) mass is 468 g/mol. The molecular weight excluding hydrogens is 445 g/mol. The van der Waals surface area contributed by atoms with E-state index in [2.05, 4.69) is 0 Å². The minimum atomic E-state index is -4.60. The molecule has 3 rings (SSSR count). The third kappa shape index (κ3) is 4.44. The molecule has 0 aliphatic carbocycles. The number of halogens is 3. The van der Waals surface area contributed by atoms with Gasteiger partial charge in [0.1, 0.15) is 11.8 Å². The Morgan fingerprint density at radius 2 is 1.74 bits per heavy atom. The number of benzene rings is 2. The predicted molar refractivity (Wildman–Crippen MR) is 121 cm³/mol. The van der Waals surface area contributed by atoms with Crippen molar-refractivity contribution in [2.75, 3.05) is 19.0 Å². The minimum absolute atomic E-state index is 0.0332. The van der Waals surface area contributed by atoms with Crippen molar-refractivity contribution in [3.8, 4) is 6.07 Å². The van der Waals surface area contributed by atoms with Gasteiger partial charge < -0.3 is 9.80 Å². The van der Waals surface area contributed by atoms with Gasteiger partial charge in [0.25, 0.3) is 0 Å². The van der Waals surface area contributed by atoms with Crippen LogP contribution in [0.25, 0.3) is 0 Å². The molecule has 0 fully saturated rings. The van der Waals surface area contributed by atoms with Crippen molar-refractivity contribution >= 4 is 23.2 Å². The van der Waals surface area contributed by atoms with Crippen molar-refractivity contribution in [3.05, 3.63) is 76.5 Å². The molecule has 9 heteroatoms. The molecule has 6 nitrogen and oxygen atoms in total. The highest BCUT2D eigenvalue weighted by Crippen LogP contribution is 2.44. The number of nitriles is 1. The van der Waals surface area contributed by atoms with Crippen LogP contribution in [0.15, 0.2) is 59.8 Å². The maximum absolute atomic E-state index is 13.4. The van der Waals surface area contributed by atoms with Gasteiger partial charge in [0, 0.05) is 37.0 Å².